The largest absolute Gasteiger partial charge is 0.481 e. The molecule has 17 nitrogen and oxygen atoms in total. The summed E-state index contributed by atoms with van der Waals surface area (Å²) in [5, 5.41) is 47.3. The van der Waals surface area contributed by atoms with Gasteiger partial charge in [0.15, 0.2) is 6.10 Å². The summed E-state index contributed by atoms with van der Waals surface area (Å²) in [4.78, 5) is 88.5. The first kappa shape index (κ1) is 46.7. The summed E-state index contributed by atoms with van der Waals surface area (Å²) >= 11 is 0. The van der Waals surface area contributed by atoms with Crippen molar-refractivity contribution in [2.24, 2.45) is 23.7 Å². The van der Waals surface area contributed by atoms with E-state index in [1.54, 1.807) is 26.0 Å². The number of aryl methyl sites for hydroxylation is 1. The summed E-state index contributed by atoms with van der Waals surface area (Å²) in [6.45, 7) is 4.57. The van der Waals surface area contributed by atoms with Gasteiger partial charge >= 0.3 is 30.0 Å². The highest BCUT2D eigenvalue weighted by Gasteiger charge is 2.50. The molecule has 17 heteroatoms. The first-order chi connectivity index (χ1) is 29.5. The minimum Gasteiger partial charge on any atom is -0.481 e. The van der Waals surface area contributed by atoms with E-state index in [0.717, 1.165) is 29.4 Å². The van der Waals surface area contributed by atoms with Crippen LogP contribution in [0.2, 0.25) is 0 Å². The maximum atomic E-state index is 13.5. The Hall–Kier alpha value is -6.33. The molecule has 7 atom stereocenters. The number of aliphatic carboxylic acids is 3. The quantitative estimate of drug-likeness (QED) is 0.0828. The number of anilines is 1. The molecule has 1 aliphatic carbocycles. The SMILES string of the molecule is COC(=O)[C@H]1O[C@@H](CCc2cc(NC(=O)[C@H](C)NC(=O)[C@@H](NC(=O)OCC3c4ccccc4-c4ccccc43)C(C)C)ccc2CO)[C@@H](CC(=O)O)[C@@H](CC(=O)O)[C@@H]1CC(=O)O. The number of aliphatic hydroxyl groups excluding tert-OH is 1. The Kier molecular flexibility index (Phi) is 15.8. The number of hydrogen-bond acceptors (Lipinski definition) is 11. The standard InChI is InChI=1S/C45H53N3O14/c1-23(2)40(48-45(59)61-22-35-30-11-7-5-9-28(30)29-10-6-8-12-31(29)35)43(57)46-24(3)42(56)47-27-15-13-26(21-49)25(17-27)14-16-36-33(19-38(52)53)32(18-37(50)51)34(20-39(54)55)41(62-36)44(58)60-4/h5-13,15,17,23-24,32-36,40-41,49H,14,16,18-22H2,1-4H3,(H,46,57)(H,47,56)(H,48,59)(H,50,51)(H,52,53)(H,54,55)/t24-,32+,33-,34-,36-,40-,41-/m0/s1. The fourth-order valence-corrected chi connectivity index (χ4v) is 8.60. The zero-order valence-corrected chi connectivity index (χ0v) is 34.9. The number of ether oxygens (including phenoxy) is 3. The maximum Gasteiger partial charge on any atom is 0.407 e. The number of rotatable bonds is 19. The number of hydrogen-bond donors (Lipinski definition) is 7. The van der Waals surface area contributed by atoms with Gasteiger partial charge in [-0.2, -0.15) is 0 Å². The van der Waals surface area contributed by atoms with Crippen LogP contribution in [0.25, 0.3) is 11.1 Å². The van der Waals surface area contributed by atoms with Crippen molar-refractivity contribution in [1.29, 1.82) is 0 Å². The number of esters is 1. The Morgan fingerprint density at radius 1 is 0.726 bits per heavy atom. The lowest BCUT2D eigenvalue weighted by atomic mass is 9.68. The molecule has 332 valence electrons. The van der Waals surface area contributed by atoms with Crippen LogP contribution in [0.5, 0.6) is 0 Å². The van der Waals surface area contributed by atoms with Gasteiger partial charge in [-0.25, -0.2) is 9.59 Å². The number of methoxy groups -OCH3 is 1. The molecule has 1 fully saturated rings. The van der Waals surface area contributed by atoms with E-state index >= 15 is 0 Å². The van der Waals surface area contributed by atoms with Crippen molar-refractivity contribution < 1.29 is 68.2 Å². The maximum absolute atomic E-state index is 13.5. The van der Waals surface area contributed by atoms with Gasteiger partial charge in [-0.05, 0) is 83.0 Å². The van der Waals surface area contributed by atoms with Crippen molar-refractivity contribution in [3.05, 3.63) is 89.0 Å². The third kappa shape index (κ3) is 11.3. The van der Waals surface area contributed by atoms with E-state index in [4.69, 9.17) is 14.2 Å². The predicted octanol–water partition coefficient (Wildman–Crippen LogP) is 4.33. The molecule has 62 heavy (non-hydrogen) atoms. The van der Waals surface area contributed by atoms with Crippen LogP contribution in [-0.2, 0) is 56.0 Å². The molecule has 3 amide bonds. The Bertz CT molecular complexity index is 2110. The van der Waals surface area contributed by atoms with Crippen molar-refractivity contribution in [3.63, 3.8) is 0 Å². The Morgan fingerprint density at radius 2 is 1.31 bits per heavy atom. The molecular weight excluding hydrogens is 807 g/mol. The average Bonchev–Trinajstić information content (AvgIpc) is 3.55. The van der Waals surface area contributed by atoms with Crippen molar-refractivity contribution in [2.45, 2.75) is 89.7 Å². The van der Waals surface area contributed by atoms with Gasteiger partial charge in [0, 0.05) is 23.9 Å². The summed E-state index contributed by atoms with van der Waals surface area (Å²) in [5.74, 6) is -9.92. The molecule has 3 aromatic carbocycles. The highest BCUT2D eigenvalue weighted by Crippen LogP contribution is 2.45. The lowest BCUT2D eigenvalue weighted by Gasteiger charge is -2.45. The van der Waals surface area contributed by atoms with E-state index in [1.165, 1.54) is 13.0 Å². The molecule has 1 aliphatic heterocycles. The number of fused-ring (bicyclic) bond motifs is 3. The topological polar surface area (TPSA) is 264 Å². The Balaban J connectivity index is 1.23. The Morgan fingerprint density at radius 3 is 1.87 bits per heavy atom. The average molecular weight is 860 g/mol. The molecule has 7 N–H and O–H groups in total. The first-order valence-electron chi connectivity index (χ1n) is 20.4. The molecule has 1 saturated heterocycles. The van der Waals surface area contributed by atoms with Crippen LogP contribution in [0.1, 0.15) is 74.6 Å². The lowest BCUT2D eigenvalue weighted by molar-refractivity contribution is -0.194. The summed E-state index contributed by atoms with van der Waals surface area (Å²) in [5.41, 5.74) is 5.45. The summed E-state index contributed by atoms with van der Waals surface area (Å²) in [6.07, 6.45) is -5.06. The predicted molar refractivity (Wildman–Crippen MR) is 222 cm³/mol. The number of amides is 3. The molecule has 0 saturated carbocycles. The summed E-state index contributed by atoms with van der Waals surface area (Å²) < 4.78 is 16.6. The zero-order valence-electron chi connectivity index (χ0n) is 34.9. The van der Waals surface area contributed by atoms with Gasteiger partial charge in [0.1, 0.15) is 18.7 Å². The second kappa shape index (κ2) is 21.0. The van der Waals surface area contributed by atoms with Crippen LogP contribution in [-0.4, -0.2) is 100 Å². The number of benzene rings is 3. The lowest BCUT2D eigenvalue weighted by Crippen LogP contribution is -2.53. The van der Waals surface area contributed by atoms with E-state index < -0.39 is 110 Å². The molecule has 3 aromatic rings. The molecule has 2 aliphatic rings. The van der Waals surface area contributed by atoms with Crippen LogP contribution >= 0.6 is 0 Å². The normalized spacial score (nSPS) is 20.2. The van der Waals surface area contributed by atoms with Crippen molar-refractivity contribution in [3.8, 4) is 11.1 Å². The minimum absolute atomic E-state index is 0.0193. The fraction of sp³-hybridized carbons (Fsp3) is 0.444. The van der Waals surface area contributed by atoms with Gasteiger partial charge in [-0.1, -0.05) is 68.4 Å². The third-order valence-corrected chi connectivity index (χ3v) is 11.6. The van der Waals surface area contributed by atoms with E-state index in [2.05, 4.69) is 16.0 Å². The molecule has 0 spiro atoms. The second-order valence-corrected chi connectivity index (χ2v) is 16.0. The minimum atomic E-state index is -1.49. The monoisotopic (exact) mass is 859 g/mol. The highest BCUT2D eigenvalue weighted by molar-refractivity contribution is 5.98. The second-order valence-electron chi connectivity index (χ2n) is 16.0. The smallest absolute Gasteiger partial charge is 0.407 e. The van der Waals surface area contributed by atoms with Crippen LogP contribution in [0.3, 0.4) is 0 Å². The molecular formula is C45H53N3O14. The third-order valence-electron chi connectivity index (χ3n) is 11.6. The van der Waals surface area contributed by atoms with Crippen LogP contribution in [0.15, 0.2) is 66.7 Å². The van der Waals surface area contributed by atoms with Gasteiger partial charge in [-0.3, -0.25) is 24.0 Å². The molecule has 0 bridgehead atoms. The number of aliphatic hydroxyl groups is 1. The first-order valence-corrected chi connectivity index (χ1v) is 20.4. The summed E-state index contributed by atoms with van der Waals surface area (Å²) in [7, 11) is 1.07. The van der Waals surface area contributed by atoms with Crippen LogP contribution in [0.4, 0.5) is 10.5 Å². The number of nitrogens with one attached hydrogen (secondary N) is 3. The molecule has 5 rings (SSSR count). The van der Waals surface area contributed by atoms with E-state index in [1.807, 2.05) is 48.5 Å². The van der Waals surface area contributed by atoms with E-state index in [0.29, 0.717) is 11.1 Å². The molecule has 1 heterocycles. The number of carbonyl (C=O) groups excluding carboxylic acids is 4. The number of carboxylic acid groups (broad SMARTS) is 3. The highest BCUT2D eigenvalue weighted by atomic mass is 16.6. The molecule has 0 radical (unpaired) electrons. The van der Waals surface area contributed by atoms with Gasteiger partial charge < -0.3 is 50.6 Å². The number of carbonyl (C=O) groups is 7. The van der Waals surface area contributed by atoms with Crippen molar-refractivity contribution in [1.82, 2.24) is 10.6 Å². The van der Waals surface area contributed by atoms with Crippen molar-refractivity contribution >= 4 is 47.5 Å². The van der Waals surface area contributed by atoms with Crippen LogP contribution in [0, 0.1) is 23.7 Å². The molecule has 0 aromatic heterocycles. The molecule has 0 unspecified atom stereocenters. The van der Waals surface area contributed by atoms with Crippen LogP contribution < -0.4 is 16.0 Å². The fourth-order valence-electron chi connectivity index (χ4n) is 8.60. The van der Waals surface area contributed by atoms with Gasteiger partial charge in [0.05, 0.1) is 32.7 Å². The van der Waals surface area contributed by atoms with E-state index in [-0.39, 0.29) is 37.0 Å². The van der Waals surface area contributed by atoms with Gasteiger partial charge in [0.2, 0.25) is 11.8 Å². The summed E-state index contributed by atoms with van der Waals surface area (Å²) in [6, 6.07) is 18.3. The van der Waals surface area contributed by atoms with Gasteiger partial charge in [0.25, 0.3) is 0 Å². The number of carboxylic acids is 3. The number of alkyl carbamates (subject to hydrolysis) is 1. The Labute approximate surface area is 358 Å². The van der Waals surface area contributed by atoms with E-state index in [9.17, 15) is 54.0 Å². The van der Waals surface area contributed by atoms with Crippen molar-refractivity contribution in [2.75, 3.05) is 19.0 Å². The van der Waals surface area contributed by atoms with Gasteiger partial charge in [-0.15, -0.1) is 0 Å². The zero-order chi connectivity index (χ0) is 45.2.